The SMILES string of the molecule is CC(C)(C)c1ccc(C(=O)ON=C(c2ccccc2)c2ccncc2)cc1. The van der Waals surface area contributed by atoms with Gasteiger partial charge in [0.25, 0.3) is 0 Å². The Labute approximate surface area is 159 Å². The second-order valence-electron chi connectivity index (χ2n) is 7.25. The van der Waals surface area contributed by atoms with Crippen LogP contribution in [0.4, 0.5) is 0 Å². The Morgan fingerprint density at radius 2 is 1.41 bits per heavy atom. The highest BCUT2D eigenvalue weighted by atomic mass is 16.7. The van der Waals surface area contributed by atoms with Crippen molar-refractivity contribution in [2.24, 2.45) is 5.16 Å². The molecule has 0 amide bonds. The minimum atomic E-state index is -0.488. The Bertz CT molecular complexity index is 884. The number of benzene rings is 2. The number of hydrogen-bond donors (Lipinski definition) is 0. The number of aromatic nitrogens is 1. The van der Waals surface area contributed by atoms with E-state index in [-0.39, 0.29) is 5.41 Å². The van der Waals surface area contributed by atoms with Crippen LogP contribution in [0.1, 0.15) is 47.8 Å². The topological polar surface area (TPSA) is 51.5 Å². The van der Waals surface area contributed by atoms with E-state index in [1.807, 2.05) is 54.6 Å². The number of pyridine rings is 1. The lowest BCUT2D eigenvalue weighted by molar-refractivity contribution is 0.0517. The van der Waals surface area contributed by atoms with Gasteiger partial charge in [-0.05, 0) is 35.2 Å². The van der Waals surface area contributed by atoms with Crippen molar-refractivity contribution in [3.8, 4) is 0 Å². The van der Waals surface area contributed by atoms with Crippen LogP contribution >= 0.6 is 0 Å². The predicted octanol–water partition coefficient (Wildman–Crippen LogP) is 4.99. The molecule has 0 aliphatic rings. The van der Waals surface area contributed by atoms with Crippen LogP contribution in [0.5, 0.6) is 0 Å². The van der Waals surface area contributed by atoms with Gasteiger partial charge in [0.2, 0.25) is 0 Å². The summed E-state index contributed by atoms with van der Waals surface area (Å²) in [6.45, 7) is 6.39. The van der Waals surface area contributed by atoms with Crippen LogP contribution in [0.25, 0.3) is 0 Å². The third kappa shape index (κ3) is 4.67. The van der Waals surface area contributed by atoms with Crippen LogP contribution in [0, 0.1) is 0 Å². The molecule has 3 aromatic rings. The highest BCUT2D eigenvalue weighted by Crippen LogP contribution is 2.22. The van der Waals surface area contributed by atoms with Crippen molar-refractivity contribution in [1.82, 2.24) is 4.98 Å². The molecule has 0 N–H and O–H groups in total. The average molecular weight is 358 g/mol. The number of oxime groups is 1. The molecule has 136 valence electrons. The zero-order valence-corrected chi connectivity index (χ0v) is 15.7. The normalized spacial score (nSPS) is 11.9. The van der Waals surface area contributed by atoms with Crippen LogP contribution in [-0.4, -0.2) is 16.7 Å². The Balaban J connectivity index is 1.85. The molecular formula is C23H22N2O2. The predicted molar refractivity (Wildman–Crippen MR) is 107 cm³/mol. The van der Waals surface area contributed by atoms with Gasteiger partial charge in [0.15, 0.2) is 0 Å². The van der Waals surface area contributed by atoms with Gasteiger partial charge in [-0.1, -0.05) is 68.4 Å². The van der Waals surface area contributed by atoms with E-state index in [0.29, 0.717) is 11.3 Å². The molecule has 2 aromatic carbocycles. The van der Waals surface area contributed by atoms with E-state index >= 15 is 0 Å². The molecule has 3 rings (SSSR count). The van der Waals surface area contributed by atoms with Crippen LogP contribution < -0.4 is 0 Å². The van der Waals surface area contributed by atoms with Crippen molar-refractivity contribution in [2.45, 2.75) is 26.2 Å². The van der Waals surface area contributed by atoms with E-state index in [0.717, 1.165) is 16.7 Å². The molecule has 0 aliphatic carbocycles. The first kappa shape index (κ1) is 18.5. The molecule has 4 heteroatoms. The second-order valence-corrected chi connectivity index (χ2v) is 7.25. The molecule has 0 atom stereocenters. The van der Waals surface area contributed by atoms with Crippen LogP contribution in [-0.2, 0) is 10.3 Å². The van der Waals surface area contributed by atoms with Gasteiger partial charge < -0.3 is 4.84 Å². The van der Waals surface area contributed by atoms with Gasteiger partial charge in [-0.25, -0.2) is 4.79 Å². The molecule has 1 aromatic heterocycles. The lowest BCUT2D eigenvalue weighted by atomic mass is 9.87. The molecule has 0 radical (unpaired) electrons. The molecule has 0 saturated heterocycles. The molecule has 4 nitrogen and oxygen atoms in total. The highest BCUT2D eigenvalue weighted by molar-refractivity contribution is 6.12. The number of nitrogens with zero attached hydrogens (tertiary/aromatic N) is 2. The Hall–Kier alpha value is -3.27. The minimum absolute atomic E-state index is 0.0302. The van der Waals surface area contributed by atoms with Crippen molar-refractivity contribution in [2.75, 3.05) is 0 Å². The maximum Gasteiger partial charge on any atom is 0.365 e. The number of hydrogen-bond acceptors (Lipinski definition) is 4. The standard InChI is InChI=1S/C23H22N2O2/c1-23(2,3)20-11-9-19(10-12-20)22(26)27-25-21(17-7-5-4-6-8-17)18-13-15-24-16-14-18/h4-16H,1-3H3. The molecule has 0 spiro atoms. The van der Waals surface area contributed by atoms with Gasteiger partial charge in [-0.15, -0.1) is 0 Å². The summed E-state index contributed by atoms with van der Waals surface area (Å²) in [5, 5.41) is 4.15. The van der Waals surface area contributed by atoms with Crippen molar-refractivity contribution in [1.29, 1.82) is 0 Å². The molecule has 1 heterocycles. The third-order valence-corrected chi connectivity index (χ3v) is 4.21. The van der Waals surface area contributed by atoms with E-state index in [1.165, 1.54) is 0 Å². The molecule has 0 unspecified atom stereocenters. The second kappa shape index (κ2) is 7.96. The van der Waals surface area contributed by atoms with Gasteiger partial charge >= 0.3 is 5.97 Å². The van der Waals surface area contributed by atoms with Gasteiger partial charge in [0.1, 0.15) is 5.71 Å². The maximum atomic E-state index is 12.4. The fraction of sp³-hybridized carbons (Fsp3) is 0.174. The van der Waals surface area contributed by atoms with Gasteiger partial charge in [0.05, 0.1) is 5.56 Å². The summed E-state index contributed by atoms with van der Waals surface area (Å²) in [6.07, 6.45) is 3.36. The van der Waals surface area contributed by atoms with E-state index in [4.69, 9.17) is 4.84 Å². The Morgan fingerprint density at radius 1 is 0.815 bits per heavy atom. The van der Waals surface area contributed by atoms with Gasteiger partial charge in [0, 0.05) is 23.5 Å². The molecule has 0 bridgehead atoms. The van der Waals surface area contributed by atoms with Crippen LogP contribution in [0.2, 0.25) is 0 Å². The first-order valence-corrected chi connectivity index (χ1v) is 8.81. The quantitative estimate of drug-likeness (QED) is 0.375. The van der Waals surface area contributed by atoms with Gasteiger partial charge in [-0.2, -0.15) is 0 Å². The lowest BCUT2D eigenvalue weighted by Crippen LogP contribution is -2.12. The lowest BCUT2D eigenvalue weighted by Gasteiger charge is -2.18. The van der Waals surface area contributed by atoms with Crippen LogP contribution in [0.15, 0.2) is 84.3 Å². The fourth-order valence-electron chi connectivity index (χ4n) is 2.62. The van der Waals surface area contributed by atoms with E-state index in [9.17, 15) is 4.79 Å². The Kier molecular flexibility index (Phi) is 5.46. The zero-order valence-electron chi connectivity index (χ0n) is 15.7. The summed E-state index contributed by atoms with van der Waals surface area (Å²) in [6, 6.07) is 20.7. The molecule has 0 fully saturated rings. The summed E-state index contributed by atoms with van der Waals surface area (Å²) in [5.74, 6) is -0.488. The largest absolute Gasteiger partial charge is 0.365 e. The first-order chi connectivity index (χ1) is 12.9. The minimum Gasteiger partial charge on any atom is -0.312 e. The van der Waals surface area contributed by atoms with Crippen molar-refractivity contribution in [3.63, 3.8) is 0 Å². The van der Waals surface area contributed by atoms with Crippen molar-refractivity contribution in [3.05, 3.63) is 101 Å². The number of rotatable bonds is 4. The smallest absolute Gasteiger partial charge is 0.312 e. The summed E-state index contributed by atoms with van der Waals surface area (Å²) >= 11 is 0. The Morgan fingerprint density at radius 3 is 2.00 bits per heavy atom. The maximum absolute atomic E-state index is 12.4. The summed E-state index contributed by atoms with van der Waals surface area (Å²) in [5.41, 5.74) is 3.92. The number of carbonyl (C=O) groups excluding carboxylic acids is 1. The molecular weight excluding hydrogens is 336 g/mol. The average Bonchev–Trinajstić information content (AvgIpc) is 2.69. The summed E-state index contributed by atoms with van der Waals surface area (Å²) in [4.78, 5) is 21.7. The zero-order chi connectivity index (χ0) is 19.3. The van der Waals surface area contributed by atoms with Crippen molar-refractivity contribution < 1.29 is 9.63 Å². The van der Waals surface area contributed by atoms with E-state index < -0.39 is 5.97 Å². The number of carbonyl (C=O) groups is 1. The monoisotopic (exact) mass is 358 g/mol. The van der Waals surface area contributed by atoms with Gasteiger partial charge in [-0.3, -0.25) is 4.98 Å². The summed E-state index contributed by atoms with van der Waals surface area (Å²) < 4.78 is 0. The fourth-order valence-corrected chi connectivity index (χ4v) is 2.62. The molecule has 27 heavy (non-hydrogen) atoms. The molecule has 0 saturated carbocycles. The van der Waals surface area contributed by atoms with E-state index in [1.54, 1.807) is 24.5 Å². The molecule has 0 aliphatic heterocycles. The summed E-state index contributed by atoms with van der Waals surface area (Å²) in [7, 11) is 0. The third-order valence-electron chi connectivity index (χ3n) is 4.21. The highest BCUT2D eigenvalue weighted by Gasteiger charge is 2.15. The van der Waals surface area contributed by atoms with Crippen molar-refractivity contribution >= 4 is 11.7 Å². The van der Waals surface area contributed by atoms with Crippen LogP contribution in [0.3, 0.4) is 0 Å². The van der Waals surface area contributed by atoms with E-state index in [2.05, 4.69) is 30.9 Å². The first-order valence-electron chi connectivity index (χ1n) is 8.81.